The van der Waals surface area contributed by atoms with Crippen LogP contribution in [0.15, 0.2) is 30.3 Å². The fourth-order valence-corrected chi connectivity index (χ4v) is 2.46. The van der Waals surface area contributed by atoms with E-state index in [0.717, 1.165) is 18.5 Å². The fraction of sp³-hybridized carbons (Fsp3) is 0.375. The molecule has 24 heavy (non-hydrogen) atoms. The highest BCUT2D eigenvalue weighted by molar-refractivity contribution is 5.82. The van der Waals surface area contributed by atoms with Gasteiger partial charge in [0.1, 0.15) is 11.8 Å². The van der Waals surface area contributed by atoms with Crippen LogP contribution in [-0.2, 0) is 4.79 Å². The van der Waals surface area contributed by atoms with Crippen molar-refractivity contribution in [1.29, 1.82) is 0 Å². The Kier molecular flexibility index (Phi) is 4.08. The Morgan fingerprint density at radius 1 is 1.38 bits per heavy atom. The molecule has 1 heterocycles. The van der Waals surface area contributed by atoms with Gasteiger partial charge in [-0.3, -0.25) is 4.79 Å². The Hall–Kier alpha value is -2.35. The van der Waals surface area contributed by atoms with Gasteiger partial charge in [0.15, 0.2) is 5.78 Å². The number of hydrogen-bond donors (Lipinski definition) is 1. The van der Waals surface area contributed by atoms with Crippen molar-refractivity contribution in [3.63, 3.8) is 0 Å². The highest BCUT2D eigenvalue weighted by atomic mass is 19.4. The van der Waals surface area contributed by atoms with Gasteiger partial charge in [-0.1, -0.05) is 6.07 Å². The highest BCUT2D eigenvalue weighted by Gasteiger charge is 2.32. The zero-order valence-electron chi connectivity index (χ0n) is 12.9. The van der Waals surface area contributed by atoms with Crippen molar-refractivity contribution in [1.82, 2.24) is 9.78 Å². The molecule has 1 atom stereocenters. The molecule has 1 aliphatic carbocycles. The number of carbonyl (C=O) groups excluding carboxylic acids is 1. The van der Waals surface area contributed by atoms with E-state index in [0.29, 0.717) is 11.4 Å². The Morgan fingerprint density at radius 3 is 2.67 bits per heavy atom. The quantitative estimate of drug-likeness (QED) is 0.908. The second-order valence-corrected chi connectivity index (χ2v) is 5.81. The second kappa shape index (κ2) is 5.94. The van der Waals surface area contributed by atoms with E-state index in [1.165, 1.54) is 25.1 Å². The zero-order valence-corrected chi connectivity index (χ0v) is 12.9. The molecule has 3 rings (SSSR count). The summed E-state index contributed by atoms with van der Waals surface area (Å²) in [5.41, 5.74) is 7.51. The number of ketones is 1. The van der Waals surface area contributed by atoms with Crippen molar-refractivity contribution in [3.8, 4) is 11.4 Å². The van der Waals surface area contributed by atoms with Crippen LogP contribution in [0.3, 0.4) is 0 Å². The van der Waals surface area contributed by atoms with E-state index in [1.807, 2.05) is 0 Å². The van der Waals surface area contributed by atoms with Gasteiger partial charge in [-0.15, -0.1) is 13.2 Å². The minimum absolute atomic E-state index is 0.226. The number of Topliss-reactive ketones (excluding diaryl/α,β-unsaturated/α-hetero) is 1. The third-order valence-electron chi connectivity index (χ3n) is 3.80. The van der Waals surface area contributed by atoms with Crippen LogP contribution in [0.25, 0.3) is 5.69 Å². The maximum atomic E-state index is 12.4. The lowest BCUT2D eigenvalue weighted by atomic mass is 10.1. The molecule has 128 valence electrons. The van der Waals surface area contributed by atoms with Crippen LogP contribution in [-0.4, -0.2) is 21.9 Å². The molecule has 1 unspecified atom stereocenters. The number of carbonyl (C=O) groups is 1. The van der Waals surface area contributed by atoms with Gasteiger partial charge >= 0.3 is 6.36 Å². The van der Waals surface area contributed by atoms with Gasteiger partial charge in [-0.05, 0) is 38.0 Å². The highest BCUT2D eigenvalue weighted by Crippen LogP contribution is 2.41. The average molecular weight is 339 g/mol. The summed E-state index contributed by atoms with van der Waals surface area (Å²) in [5, 5.41) is 4.33. The molecule has 0 spiro atoms. The van der Waals surface area contributed by atoms with Crippen LogP contribution < -0.4 is 10.5 Å². The summed E-state index contributed by atoms with van der Waals surface area (Å²) in [6.07, 6.45) is -2.82. The van der Waals surface area contributed by atoms with E-state index >= 15 is 0 Å². The van der Waals surface area contributed by atoms with Crippen LogP contribution >= 0.6 is 0 Å². The number of ether oxygens (including phenoxy) is 1. The predicted molar refractivity (Wildman–Crippen MR) is 79.8 cm³/mol. The van der Waals surface area contributed by atoms with Crippen molar-refractivity contribution < 1.29 is 22.7 Å². The third-order valence-corrected chi connectivity index (χ3v) is 3.80. The monoisotopic (exact) mass is 339 g/mol. The first kappa shape index (κ1) is 16.5. The molecule has 2 N–H and O–H groups in total. The summed E-state index contributed by atoms with van der Waals surface area (Å²) in [5.74, 6) is -0.275. The van der Waals surface area contributed by atoms with E-state index in [9.17, 15) is 18.0 Å². The van der Waals surface area contributed by atoms with Gasteiger partial charge in [0, 0.05) is 17.7 Å². The number of nitrogens with zero attached hydrogens (tertiary/aromatic N) is 2. The van der Waals surface area contributed by atoms with Crippen LogP contribution in [0, 0.1) is 0 Å². The van der Waals surface area contributed by atoms with Crippen molar-refractivity contribution in [2.24, 2.45) is 5.73 Å². The van der Waals surface area contributed by atoms with Gasteiger partial charge in [-0.2, -0.15) is 5.10 Å². The number of rotatable bonds is 5. The topological polar surface area (TPSA) is 70.1 Å². The molecule has 5 nitrogen and oxygen atoms in total. The average Bonchev–Trinajstić information content (AvgIpc) is 3.23. The number of halogens is 3. The van der Waals surface area contributed by atoms with Gasteiger partial charge < -0.3 is 10.5 Å². The summed E-state index contributed by atoms with van der Waals surface area (Å²) in [6, 6.07) is 6.47. The SMILES string of the molecule is CC(=O)C(N)c1cc(C2CC2)n(-c2cccc(OC(F)(F)F)c2)n1. The molecule has 0 saturated heterocycles. The van der Waals surface area contributed by atoms with Crippen LogP contribution in [0.1, 0.15) is 43.1 Å². The van der Waals surface area contributed by atoms with E-state index in [1.54, 1.807) is 16.8 Å². The minimum Gasteiger partial charge on any atom is -0.406 e. The molecule has 0 amide bonds. The number of nitrogens with two attached hydrogens (primary N) is 1. The normalized spacial score (nSPS) is 16.0. The predicted octanol–water partition coefficient (Wildman–Crippen LogP) is 3.24. The molecule has 1 aromatic heterocycles. The second-order valence-electron chi connectivity index (χ2n) is 5.81. The third kappa shape index (κ3) is 3.59. The van der Waals surface area contributed by atoms with Crippen LogP contribution in [0.4, 0.5) is 13.2 Å². The van der Waals surface area contributed by atoms with Crippen molar-refractivity contribution >= 4 is 5.78 Å². The summed E-state index contributed by atoms with van der Waals surface area (Å²) in [4.78, 5) is 11.5. The van der Waals surface area contributed by atoms with E-state index in [-0.39, 0.29) is 17.5 Å². The lowest BCUT2D eigenvalue weighted by Gasteiger charge is -2.11. The molecule has 0 aliphatic heterocycles. The molecule has 0 bridgehead atoms. The number of alkyl halides is 3. The molecular weight excluding hydrogens is 323 g/mol. The van der Waals surface area contributed by atoms with Crippen LogP contribution in [0.5, 0.6) is 5.75 Å². The molecule has 1 aromatic carbocycles. The Bertz CT molecular complexity index is 766. The molecule has 0 radical (unpaired) electrons. The van der Waals surface area contributed by atoms with E-state index < -0.39 is 12.4 Å². The summed E-state index contributed by atoms with van der Waals surface area (Å²) in [6.45, 7) is 1.37. The first-order valence-corrected chi connectivity index (χ1v) is 7.46. The minimum atomic E-state index is -4.76. The summed E-state index contributed by atoms with van der Waals surface area (Å²) in [7, 11) is 0. The smallest absolute Gasteiger partial charge is 0.406 e. The maximum Gasteiger partial charge on any atom is 0.573 e. The zero-order chi connectivity index (χ0) is 17.5. The van der Waals surface area contributed by atoms with Gasteiger partial charge in [0.05, 0.1) is 11.4 Å². The number of hydrogen-bond acceptors (Lipinski definition) is 4. The summed E-state index contributed by atoms with van der Waals surface area (Å²) < 4.78 is 42.7. The van der Waals surface area contributed by atoms with Crippen molar-refractivity contribution in [2.75, 3.05) is 0 Å². The Morgan fingerprint density at radius 2 is 2.08 bits per heavy atom. The first-order valence-electron chi connectivity index (χ1n) is 7.46. The lowest BCUT2D eigenvalue weighted by Crippen LogP contribution is -2.19. The molecular formula is C16H16F3N3O2. The van der Waals surface area contributed by atoms with Gasteiger partial charge in [0.25, 0.3) is 0 Å². The molecule has 1 saturated carbocycles. The Labute approximate surface area is 136 Å². The molecule has 1 aliphatic rings. The molecule has 2 aromatic rings. The molecule has 1 fully saturated rings. The fourth-order valence-electron chi connectivity index (χ4n) is 2.46. The number of benzene rings is 1. The van der Waals surface area contributed by atoms with Crippen LogP contribution in [0.2, 0.25) is 0 Å². The standard InChI is InChI=1S/C16H16F3N3O2/c1-9(23)15(20)13-8-14(10-5-6-10)22(21-13)11-3-2-4-12(7-11)24-16(17,18)19/h2-4,7-8,10,15H,5-6,20H2,1H3. The number of aromatic nitrogens is 2. The Balaban J connectivity index is 1.99. The van der Waals surface area contributed by atoms with Gasteiger partial charge in [0.2, 0.25) is 0 Å². The van der Waals surface area contributed by atoms with Gasteiger partial charge in [-0.25, -0.2) is 4.68 Å². The largest absolute Gasteiger partial charge is 0.573 e. The van der Waals surface area contributed by atoms with Crippen molar-refractivity contribution in [3.05, 3.63) is 41.7 Å². The van der Waals surface area contributed by atoms with E-state index in [2.05, 4.69) is 9.84 Å². The first-order chi connectivity index (χ1) is 11.2. The lowest BCUT2D eigenvalue weighted by molar-refractivity contribution is -0.274. The molecule has 8 heteroatoms. The van der Waals surface area contributed by atoms with Crippen molar-refractivity contribution in [2.45, 2.75) is 38.1 Å². The maximum absolute atomic E-state index is 12.4. The summed E-state index contributed by atoms with van der Waals surface area (Å²) >= 11 is 0. The van der Waals surface area contributed by atoms with E-state index in [4.69, 9.17) is 5.73 Å².